The molecule has 7 nitrogen and oxygen atoms in total. The van der Waals surface area contributed by atoms with Gasteiger partial charge in [-0.05, 0) is 45.4 Å². The number of likely N-dealkylation sites (N-methyl/N-ethyl adjacent to an activating group) is 1. The van der Waals surface area contributed by atoms with Gasteiger partial charge in [0, 0.05) is 19.3 Å². The molecule has 4 N–H and O–H groups in total. The van der Waals surface area contributed by atoms with Crippen LogP contribution in [0.1, 0.15) is 34.1 Å². The van der Waals surface area contributed by atoms with E-state index in [1.807, 2.05) is 11.8 Å². The van der Waals surface area contributed by atoms with Crippen molar-refractivity contribution in [2.24, 2.45) is 0 Å². The van der Waals surface area contributed by atoms with Crippen LogP contribution < -0.4 is 21.3 Å². The number of ether oxygens (including phenoxy) is 1. The van der Waals surface area contributed by atoms with Gasteiger partial charge >= 0.3 is 6.09 Å². The van der Waals surface area contributed by atoms with Crippen molar-refractivity contribution < 1.29 is 14.3 Å². The van der Waals surface area contributed by atoms with Gasteiger partial charge in [0.05, 0.1) is 17.9 Å². The molecule has 0 unspecified atom stereocenters. The molecule has 0 spiro atoms. The Morgan fingerprint density at radius 1 is 1.29 bits per heavy atom. The standard InChI is InChI=1S/C17H28N4O3/c1-6-9-21(11-15(22)19-5)14-10-12(7-8-13(14)18)20-16(23)24-17(2,3)4/h7-8,10H,6,9,11,18H2,1-5H3,(H,19,22)(H,20,23). The topological polar surface area (TPSA) is 96.7 Å². The molecule has 134 valence electrons. The minimum atomic E-state index is -0.575. The van der Waals surface area contributed by atoms with Gasteiger partial charge in [0.2, 0.25) is 5.91 Å². The van der Waals surface area contributed by atoms with Crippen LogP contribution in [-0.2, 0) is 9.53 Å². The average molecular weight is 336 g/mol. The fourth-order valence-electron chi connectivity index (χ4n) is 2.12. The molecule has 0 atom stereocenters. The summed E-state index contributed by atoms with van der Waals surface area (Å²) in [6.45, 7) is 8.29. The minimum Gasteiger partial charge on any atom is -0.444 e. The first-order chi connectivity index (χ1) is 11.2. The first kappa shape index (κ1) is 19.6. The summed E-state index contributed by atoms with van der Waals surface area (Å²) in [6, 6.07) is 5.15. The van der Waals surface area contributed by atoms with E-state index >= 15 is 0 Å². The molecule has 0 saturated carbocycles. The Labute approximate surface area is 143 Å². The van der Waals surface area contributed by atoms with E-state index in [4.69, 9.17) is 10.5 Å². The zero-order valence-electron chi connectivity index (χ0n) is 15.1. The van der Waals surface area contributed by atoms with Crippen LogP contribution in [0, 0.1) is 0 Å². The predicted molar refractivity (Wildman–Crippen MR) is 97.3 cm³/mol. The van der Waals surface area contributed by atoms with Crippen molar-refractivity contribution in [2.45, 2.75) is 39.7 Å². The number of nitrogens with one attached hydrogen (secondary N) is 2. The van der Waals surface area contributed by atoms with Crippen LogP contribution in [0.15, 0.2) is 18.2 Å². The highest BCUT2D eigenvalue weighted by Gasteiger charge is 2.18. The lowest BCUT2D eigenvalue weighted by molar-refractivity contribution is -0.119. The third-order valence-electron chi connectivity index (χ3n) is 3.12. The molecule has 0 aliphatic heterocycles. The van der Waals surface area contributed by atoms with Gasteiger partial charge in [0.15, 0.2) is 0 Å². The summed E-state index contributed by atoms with van der Waals surface area (Å²) in [4.78, 5) is 25.5. The molecule has 1 aromatic rings. The van der Waals surface area contributed by atoms with Crippen LogP contribution in [-0.4, -0.2) is 37.7 Å². The van der Waals surface area contributed by atoms with E-state index in [1.165, 1.54) is 0 Å². The van der Waals surface area contributed by atoms with E-state index in [9.17, 15) is 9.59 Å². The van der Waals surface area contributed by atoms with Crippen LogP contribution >= 0.6 is 0 Å². The molecule has 24 heavy (non-hydrogen) atoms. The summed E-state index contributed by atoms with van der Waals surface area (Å²) in [5.74, 6) is -0.103. The number of nitrogens with two attached hydrogens (primary N) is 1. The van der Waals surface area contributed by atoms with E-state index < -0.39 is 11.7 Å². The quantitative estimate of drug-likeness (QED) is 0.694. The third-order valence-corrected chi connectivity index (χ3v) is 3.12. The van der Waals surface area contributed by atoms with Gasteiger partial charge < -0.3 is 20.7 Å². The lowest BCUT2D eigenvalue weighted by atomic mass is 10.2. The van der Waals surface area contributed by atoms with Crippen LogP contribution in [0.3, 0.4) is 0 Å². The lowest BCUT2D eigenvalue weighted by Gasteiger charge is -2.26. The maximum atomic E-state index is 11.9. The van der Waals surface area contributed by atoms with Crippen LogP contribution in [0.5, 0.6) is 0 Å². The van der Waals surface area contributed by atoms with Crippen LogP contribution in [0.25, 0.3) is 0 Å². The number of benzene rings is 1. The van der Waals surface area contributed by atoms with Gasteiger partial charge in [-0.15, -0.1) is 0 Å². The summed E-state index contributed by atoms with van der Waals surface area (Å²) in [7, 11) is 1.59. The number of carbonyl (C=O) groups excluding carboxylic acids is 2. The Bertz CT molecular complexity index is 582. The van der Waals surface area contributed by atoms with Crippen molar-refractivity contribution in [1.82, 2.24) is 5.32 Å². The molecular weight excluding hydrogens is 308 g/mol. The number of rotatable bonds is 6. The Balaban J connectivity index is 2.98. The molecule has 1 aromatic carbocycles. The highest BCUT2D eigenvalue weighted by molar-refractivity contribution is 5.88. The van der Waals surface area contributed by atoms with Crippen molar-refractivity contribution in [3.8, 4) is 0 Å². The minimum absolute atomic E-state index is 0.103. The third kappa shape index (κ3) is 6.36. The highest BCUT2D eigenvalue weighted by Crippen LogP contribution is 2.27. The summed E-state index contributed by atoms with van der Waals surface area (Å²) >= 11 is 0. The fraction of sp³-hybridized carbons (Fsp3) is 0.529. The van der Waals surface area contributed by atoms with Crippen LogP contribution in [0.4, 0.5) is 21.9 Å². The monoisotopic (exact) mass is 336 g/mol. The van der Waals surface area contributed by atoms with Gasteiger partial charge in [-0.3, -0.25) is 10.1 Å². The molecule has 1 rings (SSSR count). The van der Waals surface area contributed by atoms with Crippen molar-refractivity contribution in [2.75, 3.05) is 36.1 Å². The van der Waals surface area contributed by atoms with Gasteiger partial charge in [0.25, 0.3) is 0 Å². The summed E-state index contributed by atoms with van der Waals surface area (Å²) < 4.78 is 5.24. The lowest BCUT2D eigenvalue weighted by Crippen LogP contribution is -2.36. The van der Waals surface area contributed by atoms with E-state index in [0.717, 1.165) is 6.42 Å². The molecule has 7 heteroatoms. The summed E-state index contributed by atoms with van der Waals surface area (Å²) in [5.41, 5.74) is 7.29. The molecule has 0 aliphatic rings. The number of nitrogen functional groups attached to an aromatic ring is 1. The molecule has 0 fully saturated rings. The maximum absolute atomic E-state index is 11.9. The number of nitrogens with zero attached hydrogens (tertiary/aromatic N) is 1. The number of carbonyl (C=O) groups is 2. The second kappa shape index (κ2) is 8.42. The van der Waals surface area contributed by atoms with Crippen molar-refractivity contribution in [1.29, 1.82) is 0 Å². The Hall–Kier alpha value is -2.44. The molecule has 0 heterocycles. The van der Waals surface area contributed by atoms with E-state index in [-0.39, 0.29) is 12.5 Å². The highest BCUT2D eigenvalue weighted by atomic mass is 16.6. The number of hydrogen-bond donors (Lipinski definition) is 3. The Morgan fingerprint density at radius 2 is 1.96 bits per heavy atom. The van der Waals surface area contributed by atoms with Crippen molar-refractivity contribution in [3.05, 3.63) is 18.2 Å². The SMILES string of the molecule is CCCN(CC(=O)NC)c1cc(NC(=O)OC(C)(C)C)ccc1N. The summed E-state index contributed by atoms with van der Waals surface area (Å²) in [6.07, 6.45) is 0.326. The molecule has 2 amide bonds. The zero-order valence-corrected chi connectivity index (χ0v) is 15.1. The Kier molecular flexibility index (Phi) is 6.88. The molecule has 0 bridgehead atoms. The van der Waals surface area contributed by atoms with Crippen molar-refractivity contribution in [3.63, 3.8) is 0 Å². The maximum Gasteiger partial charge on any atom is 0.412 e. The number of amides is 2. The largest absolute Gasteiger partial charge is 0.444 e. The van der Waals surface area contributed by atoms with Crippen LogP contribution in [0.2, 0.25) is 0 Å². The molecule has 0 saturated heterocycles. The molecular formula is C17H28N4O3. The average Bonchev–Trinajstić information content (AvgIpc) is 2.46. The Morgan fingerprint density at radius 3 is 2.50 bits per heavy atom. The number of hydrogen-bond acceptors (Lipinski definition) is 5. The van der Waals surface area contributed by atoms with Gasteiger partial charge in [-0.25, -0.2) is 4.79 Å². The first-order valence-corrected chi connectivity index (χ1v) is 8.01. The smallest absolute Gasteiger partial charge is 0.412 e. The summed E-state index contributed by atoms with van der Waals surface area (Å²) in [5, 5.41) is 5.29. The second-order valence-corrected chi connectivity index (χ2v) is 6.50. The first-order valence-electron chi connectivity index (χ1n) is 8.01. The predicted octanol–water partition coefficient (Wildman–Crippen LogP) is 2.58. The molecule has 0 aromatic heterocycles. The van der Waals surface area contributed by atoms with Gasteiger partial charge in [0.1, 0.15) is 5.60 Å². The number of anilines is 3. The zero-order chi connectivity index (χ0) is 18.3. The van der Waals surface area contributed by atoms with E-state index in [2.05, 4.69) is 10.6 Å². The van der Waals surface area contributed by atoms with Crippen molar-refractivity contribution >= 4 is 29.1 Å². The van der Waals surface area contributed by atoms with E-state index in [0.29, 0.717) is 23.6 Å². The molecule has 0 radical (unpaired) electrons. The normalized spacial score (nSPS) is 10.9. The van der Waals surface area contributed by atoms with E-state index in [1.54, 1.807) is 46.0 Å². The van der Waals surface area contributed by atoms with Gasteiger partial charge in [-0.2, -0.15) is 0 Å². The van der Waals surface area contributed by atoms with Gasteiger partial charge in [-0.1, -0.05) is 6.92 Å². The molecule has 0 aliphatic carbocycles. The second-order valence-electron chi connectivity index (χ2n) is 6.50. The fourth-order valence-corrected chi connectivity index (χ4v) is 2.12.